The molecule has 0 spiro atoms. The van der Waals surface area contributed by atoms with Crippen LogP contribution in [-0.4, -0.2) is 39.4 Å². The number of benzene rings is 3. The van der Waals surface area contributed by atoms with E-state index >= 15 is 0 Å². The van der Waals surface area contributed by atoms with Crippen molar-refractivity contribution >= 4 is 39.6 Å². The molecule has 170 valence electrons. The lowest BCUT2D eigenvalue weighted by molar-refractivity contribution is 0.0956. The number of ether oxygens (including phenoxy) is 3. The number of anilines is 1. The first-order valence-electron chi connectivity index (χ1n) is 9.76. The van der Waals surface area contributed by atoms with Crippen molar-refractivity contribution in [2.24, 2.45) is 5.10 Å². The number of hydrazone groups is 1. The normalized spacial score (nSPS) is 10.5. The average molecular weight is 512 g/mol. The van der Waals surface area contributed by atoms with Gasteiger partial charge in [0.15, 0.2) is 11.5 Å². The van der Waals surface area contributed by atoms with E-state index in [2.05, 4.69) is 31.8 Å². The summed E-state index contributed by atoms with van der Waals surface area (Å²) in [6, 6.07) is 16.9. The number of nitrogens with one attached hydrogen (secondary N) is 2. The van der Waals surface area contributed by atoms with Crippen LogP contribution in [0.3, 0.4) is 0 Å². The number of para-hydroxylation sites is 1. The lowest BCUT2D eigenvalue weighted by Crippen LogP contribution is -2.21. The standard InChI is InChI=1S/C24H22BrN3O5/c1-31-20-10-8-15(12-18(20)25)14-26-28-24(30)17-6-4-5-7-19(17)27-23(29)16-9-11-21(32-2)22(13-16)33-3/h4-14H,1-3H3,(H,27,29)(H,28,30)/b26-14+. The Morgan fingerprint density at radius 3 is 2.24 bits per heavy atom. The van der Waals surface area contributed by atoms with Gasteiger partial charge in [-0.2, -0.15) is 5.10 Å². The predicted octanol–water partition coefficient (Wildman–Crippen LogP) is 4.49. The summed E-state index contributed by atoms with van der Waals surface area (Å²) >= 11 is 3.40. The first-order chi connectivity index (χ1) is 16.0. The summed E-state index contributed by atoms with van der Waals surface area (Å²) in [7, 11) is 4.59. The molecule has 0 fully saturated rings. The molecule has 33 heavy (non-hydrogen) atoms. The van der Waals surface area contributed by atoms with Gasteiger partial charge in [-0.25, -0.2) is 5.43 Å². The van der Waals surface area contributed by atoms with Crippen molar-refractivity contribution in [1.82, 2.24) is 5.43 Å². The summed E-state index contributed by atoms with van der Waals surface area (Å²) in [4.78, 5) is 25.4. The van der Waals surface area contributed by atoms with Gasteiger partial charge in [-0.05, 0) is 70.0 Å². The topological polar surface area (TPSA) is 98.2 Å². The summed E-state index contributed by atoms with van der Waals surface area (Å²) in [5.74, 6) is 0.756. The second-order valence-corrected chi connectivity index (χ2v) is 7.52. The SMILES string of the molecule is COc1ccc(/C=N/NC(=O)c2ccccc2NC(=O)c2ccc(OC)c(OC)c2)cc1Br. The minimum Gasteiger partial charge on any atom is -0.496 e. The monoisotopic (exact) mass is 511 g/mol. The molecular weight excluding hydrogens is 490 g/mol. The zero-order valence-electron chi connectivity index (χ0n) is 18.2. The number of carbonyl (C=O) groups is 2. The van der Waals surface area contributed by atoms with Gasteiger partial charge in [0.1, 0.15) is 5.75 Å². The minimum atomic E-state index is -0.470. The number of halogens is 1. The van der Waals surface area contributed by atoms with E-state index in [1.165, 1.54) is 20.4 Å². The number of amides is 2. The van der Waals surface area contributed by atoms with Crippen molar-refractivity contribution in [3.63, 3.8) is 0 Å². The van der Waals surface area contributed by atoms with Crippen molar-refractivity contribution in [2.45, 2.75) is 0 Å². The maximum atomic E-state index is 12.8. The van der Waals surface area contributed by atoms with Gasteiger partial charge in [-0.3, -0.25) is 9.59 Å². The predicted molar refractivity (Wildman–Crippen MR) is 130 cm³/mol. The highest BCUT2D eigenvalue weighted by molar-refractivity contribution is 9.10. The largest absolute Gasteiger partial charge is 0.496 e. The molecule has 0 aromatic heterocycles. The third-order valence-electron chi connectivity index (χ3n) is 4.62. The van der Waals surface area contributed by atoms with E-state index in [1.807, 2.05) is 6.07 Å². The van der Waals surface area contributed by atoms with Gasteiger partial charge in [0.05, 0.1) is 43.3 Å². The molecule has 0 saturated carbocycles. The Kier molecular flexibility index (Phi) is 8.04. The number of hydrogen-bond donors (Lipinski definition) is 2. The number of nitrogens with zero attached hydrogens (tertiary/aromatic N) is 1. The second kappa shape index (κ2) is 11.1. The Labute approximate surface area is 199 Å². The van der Waals surface area contributed by atoms with Crippen LogP contribution in [0.1, 0.15) is 26.3 Å². The summed E-state index contributed by atoms with van der Waals surface area (Å²) < 4.78 is 16.4. The molecule has 0 atom stereocenters. The molecular formula is C24H22BrN3O5. The summed E-state index contributed by atoms with van der Waals surface area (Å²) in [6.45, 7) is 0. The molecule has 0 saturated heterocycles. The highest BCUT2D eigenvalue weighted by Gasteiger charge is 2.15. The smallest absolute Gasteiger partial charge is 0.273 e. The fraction of sp³-hybridized carbons (Fsp3) is 0.125. The van der Waals surface area contributed by atoms with Crippen molar-refractivity contribution < 1.29 is 23.8 Å². The minimum absolute atomic E-state index is 0.263. The number of hydrogen-bond acceptors (Lipinski definition) is 6. The van der Waals surface area contributed by atoms with E-state index in [0.717, 1.165) is 10.0 Å². The zero-order valence-corrected chi connectivity index (χ0v) is 19.8. The van der Waals surface area contributed by atoms with Gasteiger partial charge in [-0.15, -0.1) is 0 Å². The molecule has 9 heteroatoms. The van der Waals surface area contributed by atoms with Crippen LogP contribution in [0.2, 0.25) is 0 Å². The van der Waals surface area contributed by atoms with E-state index in [0.29, 0.717) is 28.5 Å². The Balaban J connectivity index is 1.72. The molecule has 0 unspecified atom stereocenters. The van der Waals surface area contributed by atoms with Gasteiger partial charge >= 0.3 is 0 Å². The van der Waals surface area contributed by atoms with E-state index in [4.69, 9.17) is 14.2 Å². The van der Waals surface area contributed by atoms with Gasteiger partial charge in [0, 0.05) is 5.56 Å². The third-order valence-corrected chi connectivity index (χ3v) is 5.24. The fourth-order valence-corrected chi connectivity index (χ4v) is 3.51. The lowest BCUT2D eigenvalue weighted by Gasteiger charge is -2.12. The van der Waals surface area contributed by atoms with Crippen LogP contribution in [0.15, 0.2) is 70.2 Å². The lowest BCUT2D eigenvalue weighted by atomic mass is 10.1. The van der Waals surface area contributed by atoms with Gasteiger partial charge in [-0.1, -0.05) is 12.1 Å². The molecule has 0 radical (unpaired) electrons. The Morgan fingerprint density at radius 2 is 1.55 bits per heavy atom. The molecule has 3 rings (SSSR count). The van der Waals surface area contributed by atoms with E-state index in [1.54, 1.807) is 61.7 Å². The zero-order chi connectivity index (χ0) is 23.8. The quantitative estimate of drug-likeness (QED) is 0.343. The molecule has 3 aromatic rings. The fourth-order valence-electron chi connectivity index (χ4n) is 2.95. The number of methoxy groups -OCH3 is 3. The van der Waals surface area contributed by atoms with E-state index < -0.39 is 11.8 Å². The summed E-state index contributed by atoms with van der Waals surface area (Å²) in [5, 5.41) is 6.76. The summed E-state index contributed by atoms with van der Waals surface area (Å²) in [6.07, 6.45) is 1.51. The molecule has 0 aliphatic heterocycles. The van der Waals surface area contributed by atoms with Crippen LogP contribution in [-0.2, 0) is 0 Å². The van der Waals surface area contributed by atoms with Crippen molar-refractivity contribution in [2.75, 3.05) is 26.6 Å². The third kappa shape index (κ3) is 5.89. The highest BCUT2D eigenvalue weighted by Crippen LogP contribution is 2.28. The first-order valence-corrected chi connectivity index (χ1v) is 10.6. The van der Waals surface area contributed by atoms with E-state index in [9.17, 15) is 9.59 Å². The Morgan fingerprint density at radius 1 is 0.848 bits per heavy atom. The number of rotatable bonds is 8. The van der Waals surface area contributed by atoms with Gasteiger partial charge < -0.3 is 19.5 Å². The Bertz CT molecular complexity index is 1200. The van der Waals surface area contributed by atoms with Crippen molar-refractivity contribution in [3.05, 3.63) is 81.8 Å². The van der Waals surface area contributed by atoms with Crippen LogP contribution in [0.5, 0.6) is 17.2 Å². The maximum absolute atomic E-state index is 12.8. The van der Waals surface area contributed by atoms with Crippen LogP contribution in [0, 0.1) is 0 Å². The number of carbonyl (C=O) groups excluding carboxylic acids is 2. The van der Waals surface area contributed by atoms with Gasteiger partial charge in [0.25, 0.3) is 11.8 Å². The summed E-state index contributed by atoms with van der Waals surface area (Å²) in [5.41, 5.74) is 4.20. The van der Waals surface area contributed by atoms with Crippen LogP contribution in [0.4, 0.5) is 5.69 Å². The molecule has 3 aromatic carbocycles. The van der Waals surface area contributed by atoms with Gasteiger partial charge in [0.2, 0.25) is 0 Å². The highest BCUT2D eigenvalue weighted by atomic mass is 79.9. The Hall–Kier alpha value is -3.85. The molecule has 8 nitrogen and oxygen atoms in total. The molecule has 0 aliphatic carbocycles. The molecule has 0 heterocycles. The average Bonchev–Trinajstić information content (AvgIpc) is 2.83. The van der Waals surface area contributed by atoms with Crippen LogP contribution < -0.4 is 25.0 Å². The van der Waals surface area contributed by atoms with Crippen molar-refractivity contribution in [3.8, 4) is 17.2 Å². The molecule has 0 aliphatic rings. The first kappa shape index (κ1) is 23.8. The van der Waals surface area contributed by atoms with Crippen LogP contribution >= 0.6 is 15.9 Å². The molecule has 2 amide bonds. The second-order valence-electron chi connectivity index (χ2n) is 6.66. The van der Waals surface area contributed by atoms with E-state index in [-0.39, 0.29) is 5.56 Å². The van der Waals surface area contributed by atoms with Crippen molar-refractivity contribution in [1.29, 1.82) is 0 Å². The maximum Gasteiger partial charge on any atom is 0.273 e. The van der Waals surface area contributed by atoms with Crippen LogP contribution in [0.25, 0.3) is 0 Å². The molecule has 2 N–H and O–H groups in total. The molecule has 0 bridgehead atoms.